The highest BCUT2D eigenvalue weighted by Crippen LogP contribution is 2.49. The van der Waals surface area contributed by atoms with E-state index >= 15 is 0 Å². The van der Waals surface area contributed by atoms with Gasteiger partial charge in [0.1, 0.15) is 5.78 Å². The van der Waals surface area contributed by atoms with Gasteiger partial charge in [-0.2, -0.15) is 0 Å². The smallest absolute Gasteiger partial charge is 0.193 e. The summed E-state index contributed by atoms with van der Waals surface area (Å²) in [7, 11) is 0. The fourth-order valence-electron chi connectivity index (χ4n) is 2.81. The van der Waals surface area contributed by atoms with Gasteiger partial charge in [0.2, 0.25) is 0 Å². The Balaban J connectivity index is 1.60. The van der Waals surface area contributed by atoms with Gasteiger partial charge in [-0.1, -0.05) is 30.3 Å². The van der Waals surface area contributed by atoms with Crippen molar-refractivity contribution in [1.29, 1.82) is 0 Å². The summed E-state index contributed by atoms with van der Waals surface area (Å²) in [6, 6.07) is 10.1. The molecule has 0 amide bonds. The number of imidazole rings is 1. The lowest BCUT2D eigenvalue weighted by atomic mass is 9.89. The van der Waals surface area contributed by atoms with E-state index in [-0.39, 0.29) is 5.41 Å². The molecule has 100 valence electrons. The van der Waals surface area contributed by atoms with Gasteiger partial charge in [-0.15, -0.1) is 11.3 Å². The molecule has 20 heavy (non-hydrogen) atoms. The molecule has 2 heterocycles. The zero-order valence-corrected chi connectivity index (χ0v) is 11.8. The van der Waals surface area contributed by atoms with Crippen molar-refractivity contribution in [1.82, 2.24) is 9.38 Å². The number of carbonyl (C=O) groups excluding carboxylic acids is 1. The molecule has 0 N–H and O–H groups in total. The Morgan fingerprint density at radius 3 is 2.80 bits per heavy atom. The van der Waals surface area contributed by atoms with Crippen LogP contribution < -0.4 is 0 Å². The molecule has 1 fully saturated rings. The van der Waals surface area contributed by atoms with Crippen LogP contribution in [-0.2, 0) is 16.6 Å². The van der Waals surface area contributed by atoms with Crippen molar-refractivity contribution >= 4 is 22.1 Å². The van der Waals surface area contributed by atoms with E-state index in [0.717, 1.165) is 29.1 Å². The van der Waals surface area contributed by atoms with Gasteiger partial charge in [0.15, 0.2) is 4.96 Å². The second kappa shape index (κ2) is 4.28. The van der Waals surface area contributed by atoms with Crippen LogP contribution in [0.25, 0.3) is 4.96 Å². The number of Topliss-reactive ketones (excluding diaryl/α,β-unsaturated/α-hetero) is 1. The molecular formula is C16H14N2OS. The first kappa shape index (κ1) is 11.9. The van der Waals surface area contributed by atoms with Gasteiger partial charge in [-0.05, 0) is 18.4 Å². The Kier molecular flexibility index (Phi) is 2.54. The van der Waals surface area contributed by atoms with E-state index in [0.29, 0.717) is 12.2 Å². The van der Waals surface area contributed by atoms with E-state index < -0.39 is 0 Å². The number of nitrogens with zero attached hydrogens (tertiary/aromatic N) is 2. The lowest BCUT2D eigenvalue weighted by molar-refractivity contribution is -0.120. The first-order valence-electron chi connectivity index (χ1n) is 6.78. The second-order valence-corrected chi connectivity index (χ2v) is 6.25. The quantitative estimate of drug-likeness (QED) is 0.736. The standard InChI is InChI=1S/C16H14N2OS/c19-14(10-13-11-18-8-9-20-15(18)17-13)16(6-7-16)12-4-2-1-3-5-12/h1-5,8-9,11H,6-7,10H2. The third-order valence-electron chi connectivity index (χ3n) is 4.09. The molecule has 0 aliphatic heterocycles. The molecular weight excluding hydrogens is 268 g/mol. The van der Waals surface area contributed by atoms with Crippen molar-refractivity contribution in [3.63, 3.8) is 0 Å². The van der Waals surface area contributed by atoms with Crippen LogP contribution in [0.5, 0.6) is 0 Å². The Morgan fingerprint density at radius 1 is 1.30 bits per heavy atom. The normalized spacial score (nSPS) is 16.4. The third-order valence-corrected chi connectivity index (χ3v) is 4.87. The minimum Gasteiger partial charge on any atom is -0.298 e. The lowest BCUT2D eigenvalue weighted by Crippen LogP contribution is -2.22. The number of fused-ring (bicyclic) bond motifs is 1. The van der Waals surface area contributed by atoms with Crippen LogP contribution >= 0.6 is 11.3 Å². The van der Waals surface area contributed by atoms with Crippen LogP contribution in [0, 0.1) is 0 Å². The van der Waals surface area contributed by atoms with Crippen LogP contribution in [0.4, 0.5) is 0 Å². The van der Waals surface area contributed by atoms with Gasteiger partial charge < -0.3 is 0 Å². The Hall–Kier alpha value is -1.94. The number of rotatable bonds is 4. The zero-order chi connectivity index (χ0) is 13.6. The molecule has 0 unspecified atom stereocenters. The first-order chi connectivity index (χ1) is 9.78. The zero-order valence-electron chi connectivity index (χ0n) is 11.0. The third kappa shape index (κ3) is 1.79. The molecule has 4 heteroatoms. The number of hydrogen-bond donors (Lipinski definition) is 0. The fourth-order valence-corrected chi connectivity index (χ4v) is 3.52. The van der Waals surface area contributed by atoms with E-state index in [2.05, 4.69) is 17.1 Å². The van der Waals surface area contributed by atoms with Crippen molar-refractivity contribution in [3.8, 4) is 0 Å². The van der Waals surface area contributed by atoms with Crippen molar-refractivity contribution in [2.45, 2.75) is 24.7 Å². The van der Waals surface area contributed by atoms with E-state index in [4.69, 9.17) is 0 Å². The van der Waals surface area contributed by atoms with Gasteiger partial charge in [-0.25, -0.2) is 4.98 Å². The maximum absolute atomic E-state index is 12.6. The highest BCUT2D eigenvalue weighted by Gasteiger charge is 2.50. The van der Waals surface area contributed by atoms with Gasteiger partial charge in [0, 0.05) is 17.8 Å². The van der Waals surface area contributed by atoms with Crippen molar-refractivity contribution in [3.05, 3.63) is 59.4 Å². The predicted octanol–water partition coefficient (Wildman–Crippen LogP) is 3.24. The van der Waals surface area contributed by atoms with Gasteiger partial charge in [0.25, 0.3) is 0 Å². The van der Waals surface area contributed by atoms with Crippen molar-refractivity contribution in [2.75, 3.05) is 0 Å². The second-order valence-electron chi connectivity index (χ2n) is 5.37. The molecule has 1 aromatic carbocycles. The van der Waals surface area contributed by atoms with Crippen LogP contribution in [0.1, 0.15) is 24.1 Å². The summed E-state index contributed by atoms with van der Waals surface area (Å²) in [4.78, 5) is 18.1. The average molecular weight is 282 g/mol. The van der Waals surface area contributed by atoms with Crippen LogP contribution in [0.3, 0.4) is 0 Å². The monoisotopic (exact) mass is 282 g/mol. The summed E-state index contributed by atoms with van der Waals surface area (Å²) in [6.07, 6.45) is 6.31. The Bertz CT molecular complexity index is 739. The molecule has 3 nitrogen and oxygen atoms in total. The number of ketones is 1. The molecule has 1 aliphatic rings. The molecule has 4 rings (SSSR count). The van der Waals surface area contributed by atoms with Gasteiger partial charge in [0.05, 0.1) is 17.5 Å². The van der Waals surface area contributed by atoms with Crippen LogP contribution in [-0.4, -0.2) is 15.2 Å². The molecule has 3 aromatic rings. The molecule has 1 aliphatic carbocycles. The number of hydrogen-bond acceptors (Lipinski definition) is 3. The molecule has 0 saturated heterocycles. The van der Waals surface area contributed by atoms with E-state index in [1.807, 2.05) is 40.4 Å². The van der Waals surface area contributed by atoms with Crippen molar-refractivity contribution in [2.24, 2.45) is 0 Å². The Labute approximate surface area is 120 Å². The largest absolute Gasteiger partial charge is 0.298 e. The number of thiazole rings is 1. The molecule has 0 atom stereocenters. The van der Waals surface area contributed by atoms with E-state index in [1.54, 1.807) is 11.3 Å². The topological polar surface area (TPSA) is 34.4 Å². The molecule has 0 radical (unpaired) electrons. The minimum absolute atomic E-state index is 0.238. The highest BCUT2D eigenvalue weighted by molar-refractivity contribution is 7.15. The average Bonchev–Trinajstić information content (AvgIpc) is 3.04. The summed E-state index contributed by atoms with van der Waals surface area (Å²) in [5.41, 5.74) is 1.80. The minimum atomic E-state index is -0.238. The SMILES string of the molecule is O=C(Cc1cn2ccsc2n1)C1(c2ccccc2)CC1. The predicted molar refractivity (Wildman–Crippen MR) is 79.1 cm³/mol. The highest BCUT2D eigenvalue weighted by atomic mass is 32.1. The summed E-state index contributed by atoms with van der Waals surface area (Å²) >= 11 is 1.60. The van der Waals surface area contributed by atoms with Crippen LogP contribution in [0.15, 0.2) is 48.1 Å². The molecule has 0 spiro atoms. The molecule has 1 saturated carbocycles. The van der Waals surface area contributed by atoms with Gasteiger partial charge in [-0.3, -0.25) is 9.20 Å². The van der Waals surface area contributed by atoms with Crippen LogP contribution in [0.2, 0.25) is 0 Å². The number of benzene rings is 1. The number of carbonyl (C=O) groups is 1. The summed E-state index contributed by atoms with van der Waals surface area (Å²) in [6.45, 7) is 0. The summed E-state index contributed by atoms with van der Waals surface area (Å²) < 4.78 is 1.98. The fraction of sp³-hybridized carbons (Fsp3) is 0.250. The maximum atomic E-state index is 12.6. The van der Waals surface area contributed by atoms with Crippen molar-refractivity contribution < 1.29 is 4.79 Å². The maximum Gasteiger partial charge on any atom is 0.193 e. The summed E-state index contributed by atoms with van der Waals surface area (Å²) in [5.74, 6) is 0.300. The Morgan fingerprint density at radius 2 is 2.10 bits per heavy atom. The molecule has 2 aromatic heterocycles. The number of aromatic nitrogens is 2. The van der Waals surface area contributed by atoms with E-state index in [9.17, 15) is 4.79 Å². The summed E-state index contributed by atoms with van der Waals surface area (Å²) in [5, 5.41) is 2.00. The lowest BCUT2D eigenvalue weighted by Gasteiger charge is -2.13. The first-order valence-corrected chi connectivity index (χ1v) is 7.66. The van der Waals surface area contributed by atoms with E-state index in [1.165, 1.54) is 0 Å². The van der Waals surface area contributed by atoms with Gasteiger partial charge >= 0.3 is 0 Å². The molecule has 0 bridgehead atoms.